The molecular weight excluding hydrogens is 514 g/mol. The first-order valence-corrected chi connectivity index (χ1v) is 14.4. The SMILES string of the molecule is Cc1cccc(N2CCN(CCCNC(=O)c3nc(-c4ccccc4)n(-c4ccc5c(c4)OCO5)c3C)CC2)c1C. The van der Waals surface area contributed by atoms with Gasteiger partial charge in [0, 0.05) is 50.0 Å². The Balaban J connectivity index is 1.09. The summed E-state index contributed by atoms with van der Waals surface area (Å²) < 4.78 is 13.1. The van der Waals surface area contributed by atoms with E-state index in [2.05, 4.69) is 47.2 Å². The van der Waals surface area contributed by atoms with Gasteiger partial charge >= 0.3 is 0 Å². The van der Waals surface area contributed by atoms with Crippen LogP contribution in [0.4, 0.5) is 5.69 Å². The molecule has 0 bridgehead atoms. The third kappa shape index (κ3) is 5.52. The van der Waals surface area contributed by atoms with Gasteiger partial charge in [-0.2, -0.15) is 0 Å². The maximum absolute atomic E-state index is 13.3. The molecule has 1 N–H and O–H groups in total. The molecule has 1 aromatic heterocycles. The second kappa shape index (κ2) is 11.7. The fraction of sp³-hybridized carbons (Fsp3) is 0.333. The molecule has 0 aliphatic carbocycles. The number of carbonyl (C=O) groups excluding carboxylic acids is 1. The van der Waals surface area contributed by atoms with Gasteiger partial charge in [0.05, 0.1) is 11.4 Å². The van der Waals surface area contributed by atoms with Gasteiger partial charge in [0.2, 0.25) is 6.79 Å². The van der Waals surface area contributed by atoms with Crippen LogP contribution in [-0.2, 0) is 0 Å². The molecule has 6 rings (SSSR count). The Morgan fingerprint density at radius 3 is 2.49 bits per heavy atom. The number of amides is 1. The van der Waals surface area contributed by atoms with Gasteiger partial charge < -0.3 is 19.7 Å². The summed E-state index contributed by atoms with van der Waals surface area (Å²) in [5.74, 6) is 1.97. The standard InChI is InChI=1S/C33H37N5O3/c1-23-9-7-12-28(24(23)2)37-19-17-36(18-20-37)16-8-15-34-33(39)31-25(3)38(32(35-31)26-10-5-4-6-11-26)27-13-14-29-30(21-27)41-22-40-29/h4-7,9-14,21H,8,15-20,22H2,1-3H3,(H,34,39). The summed E-state index contributed by atoms with van der Waals surface area (Å²) in [5.41, 5.74) is 7.08. The van der Waals surface area contributed by atoms with E-state index in [1.165, 1.54) is 16.8 Å². The van der Waals surface area contributed by atoms with Gasteiger partial charge in [-0.3, -0.25) is 14.3 Å². The number of aryl methyl sites for hydroxylation is 1. The summed E-state index contributed by atoms with van der Waals surface area (Å²) in [6, 6.07) is 22.3. The molecule has 3 aromatic carbocycles. The van der Waals surface area contributed by atoms with E-state index in [9.17, 15) is 4.79 Å². The zero-order chi connectivity index (χ0) is 28.3. The van der Waals surface area contributed by atoms with Crippen molar-refractivity contribution in [1.29, 1.82) is 0 Å². The highest BCUT2D eigenvalue weighted by atomic mass is 16.7. The quantitative estimate of drug-likeness (QED) is 0.306. The van der Waals surface area contributed by atoms with E-state index in [0.717, 1.165) is 61.8 Å². The number of piperazine rings is 1. The van der Waals surface area contributed by atoms with Crippen molar-refractivity contribution in [3.05, 3.63) is 89.2 Å². The molecule has 0 saturated carbocycles. The Labute approximate surface area is 241 Å². The summed E-state index contributed by atoms with van der Waals surface area (Å²) in [6.07, 6.45) is 0.892. The third-order valence-electron chi connectivity index (χ3n) is 8.19. The molecule has 0 radical (unpaired) electrons. The van der Waals surface area contributed by atoms with E-state index in [0.29, 0.717) is 23.8 Å². The number of imidazole rings is 1. The van der Waals surface area contributed by atoms with E-state index in [4.69, 9.17) is 14.5 Å². The zero-order valence-electron chi connectivity index (χ0n) is 24.0. The van der Waals surface area contributed by atoms with E-state index in [-0.39, 0.29) is 12.7 Å². The van der Waals surface area contributed by atoms with E-state index in [1.807, 2.05) is 60.0 Å². The minimum atomic E-state index is -0.154. The van der Waals surface area contributed by atoms with E-state index < -0.39 is 0 Å². The molecule has 4 aromatic rings. The molecule has 0 spiro atoms. The number of nitrogens with zero attached hydrogens (tertiary/aromatic N) is 4. The number of aromatic nitrogens is 2. The first-order chi connectivity index (χ1) is 20.0. The van der Waals surface area contributed by atoms with Crippen LogP contribution < -0.4 is 19.7 Å². The lowest BCUT2D eigenvalue weighted by Crippen LogP contribution is -2.47. The molecule has 8 heteroatoms. The van der Waals surface area contributed by atoms with Crippen molar-refractivity contribution in [3.8, 4) is 28.6 Å². The smallest absolute Gasteiger partial charge is 0.271 e. The average molecular weight is 552 g/mol. The lowest BCUT2D eigenvalue weighted by molar-refractivity contribution is 0.0946. The predicted octanol–water partition coefficient (Wildman–Crippen LogP) is 5.14. The number of hydrogen-bond donors (Lipinski definition) is 1. The molecule has 0 atom stereocenters. The predicted molar refractivity (Wildman–Crippen MR) is 161 cm³/mol. The average Bonchev–Trinajstić information content (AvgIpc) is 3.61. The van der Waals surface area contributed by atoms with Crippen LogP contribution in [-0.4, -0.2) is 66.4 Å². The second-order valence-corrected chi connectivity index (χ2v) is 10.8. The van der Waals surface area contributed by atoms with Gasteiger partial charge in [-0.25, -0.2) is 4.98 Å². The highest BCUT2D eigenvalue weighted by molar-refractivity contribution is 5.94. The zero-order valence-corrected chi connectivity index (χ0v) is 24.0. The number of fused-ring (bicyclic) bond motifs is 1. The van der Waals surface area contributed by atoms with Crippen LogP contribution >= 0.6 is 0 Å². The Morgan fingerprint density at radius 2 is 1.68 bits per heavy atom. The van der Waals surface area contributed by atoms with Crippen molar-refractivity contribution in [1.82, 2.24) is 19.8 Å². The molecule has 3 heterocycles. The van der Waals surface area contributed by atoms with Gasteiger partial charge in [0.25, 0.3) is 5.91 Å². The Hall–Kier alpha value is -4.30. The number of carbonyl (C=O) groups is 1. The number of rotatable bonds is 8. The van der Waals surface area contributed by atoms with Gasteiger partial charge in [0.15, 0.2) is 11.5 Å². The van der Waals surface area contributed by atoms with Crippen LogP contribution in [0.25, 0.3) is 17.1 Å². The Kier molecular flexibility index (Phi) is 7.65. The lowest BCUT2D eigenvalue weighted by Gasteiger charge is -2.37. The Morgan fingerprint density at radius 1 is 0.902 bits per heavy atom. The van der Waals surface area contributed by atoms with Crippen LogP contribution in [0, 0.1) is 20.8 Å². The summed E-state index contributed by atoms with van der Waals surface area (Å²) in [4.78, 5) is 23.1. The topological polar surface area (TPSA) is 71.9 Å². The fourth-order valence-electron chi connectivity index (χ4n) is 5.72. The van der Waals surface area contributed by atoms with Crippen molar-refractivity contribution in [2.24, 2.45) is 0 Å². The van der Waals surface area contributed by atoms with Crippen molar-refractivity contribution in [2.75, 3.05) is 51.0 Å². The van der Waals surface area contributed by atoms with Gasteiger partial charge in [-0.1, -0.05) is 42.5 Å². The number of anilines is 1. The number of hydrogen-bond acceptors (Lipinski definition) is 6. The largest absolute Gasteiger partial charge is 0.454 e. The summed E-state index contributed by atoms with van der Waals surface area (Å²) in [5, 5.41) is 3.12. The summed E-state index contributed by atoms with van der Waals surface area (Å²) in [6.45, 7) is 12.2. The normalized spacial score (nSPS) is 14.9. The molecular formula is C33H37N5O3. The summed E-state index contributed by atoms with van der Waals surface area (Å²) in [7, 11) is 0. The van der Waals surface area contributed by atoms with Crippen LogP contribution in [0.1, 0.15) is 33.7 Å². The number of benzene rings is 3. The highest BCUT2D eigenvalue weighted by Gasteiger charge is 2.24. The van der Waals surface area contributed by atoms with Crippen molar-refractivity contribution >= 4 is 11.6 Å². The van der Waals surface area contributed by atoms with E-state index >= 15 is 0 Å². The van der Waals surface area contributed by atoms with Crippen LogP contribution in [0.5, 0.6) is 11.5 Å². The molecule has 2 aliphatic heterocycles. The van der Waals surface area contributed by atoms with Gasteiger partial charge in [-0.15, -0.1) is 0 Å². The monoisotopic (exact) mass is 551 g/mol. The molecule has 1 saturated heterocycles. The number of nitrogens with one attached hydrogen (secondary N) is 1. The molecule has 0 unspecified atom stereocenters. The summed E-state index contributed by atoms with van der Waals surface area (Å²) >= 11 is 0. The molecule has 212 valence electrons. The van der Waals surface area contributed by atoms with Crippen LogP contribution in [0.15, 0.2) is 66.7 Å². The van der Waals surface area contributed by atoms with Crippen molar-refractivity contribution in [3.63, 3.8) is 0 Å². The minimum Gasteiger partial charge on any atom is -0.454 e. The van der Waals surface area contributed by atoms with Crippen molar-refractivity contribution in [2.45, 2.75) is 27.2 Å². The molecule has 1 fully saturated rings. The molecule has 41 heavy (non-hydrogen) atoms. The van der Waals surface area contributed by atoms with Gasteiger partial charge in [-0.05, 0) is 63.1 Å². The lowest BCUT2D eigenvalue weighted by atomic mass is 10.1. The molecule has 8 nitrogen and oxygen atoms in total. The maximum atomic E-state index is 13.3. The molecule has 2 aliphatic rings. The second-order valence-electron chi connectivity index (χ2n) is 10.8. The van der Waals surface area contributed by atoms with Gasteiger partial charge in [0.1, 0.15) is 11.5 Å². The van der Waals surface area contributed by atoms with Crippen LogP contribution in [0.3, 0.4) is 0 Å². The van der Waals surface area contributed by atoms with Crippen LogP contribution in [0.2, 0.25) is 0 Å². The fourth-order valence-corrected chi connectivity index (χ4v) is 5.72. The van der Waals surface area contributed by atoms with Crippen molar-refractivity contribution < 1.29 is 14.3 Å². The third-order valence-corrected chi connectivity index (χ3v) is 8.19. The van der Waals surface area contributed by atoms with E-state index in [1.54, 1.807) is 0 Å². The Bertz CT molecular complexity index is 1540. The molecule has 1 amide bonds. The number of ether oxygens (including phenoxy) is 2. The first-order valence-electron chi connectivity index (χ1n) is 14.4. The first kappa shape index (κ1) is 26.9. The maximum Gasteiger partial charge on any atom is 0.271 e. The highest BCUT2D eigenvalue weighted by Crippen LogP contribution is 2.36. The minimum absolute atomic E-state index is 0.154.